The monoisotopic (exact) mass is 652 g/mol. The third kappa shape index (κ3) is 4.30. The van der Waals surface area contributed by atoms with Crippen LogP contribution in [0.25, 0.3) is 87.5 Å². The zero-order valence-corrected chi connectivity index (χ0v) is 27.4. The molecule has 11 rings (SSSR count). The van der Waals surface area contributed by atoms with Crippen LogP contribution in [-0.4, -0.2) is 4.98 Å². The highest BCUT2D eigenvalue weighted by Crippen LogP contribution is 2.42. The molecule has 4 nitrogen and oxygen atoms in total. The minimum Gasteiger partial charge on any atom is -0.456 e. The standard InChI is InChI=1S/C47H28N2O2/c1-2-10-36-34(8-1)35-9-3-4-11-37(35)42-26-30(17-22-38(36)42)29-15-18-31(19-16-29)49(32-21-24-45-43(27-32)39-12-5-6-14-44(39)50-45)33-20-23-40-41-13-7-25-48-47(41)51-46(40)28-33/h1-28H. The van der Waals surface area contributed by atoms with Gasteiger partial charge in [-0.1, -0.05) is 91.0 Å². The van der Waals surface area contributed by atoms with Crippen LogP contribution in [-0.2, 0) is 0 Å². The van der Waals surface area contributed by atoms with E-state index in [1.165, 1.54) is 37.9 Å². The highest BCUT2D eigenvalue weighted by molar-refractivity contribution is 6.25. The van der Waals surface area contributed by atoms with Gasteiger partial charge in [0.1, 0.15) is 16.7 Å². The van der Waals surface area contributed by atoms with Gasteiger partial charge >= 0.3 is 0 Å². The van der Waals surface area contributed by atoms with Crippen LogP contribution in [0.15, 0.2) is 179 Å². The molecule has 0 saturated carbocycles. The van der Waals surface area contributed by atoms with Crippen molar-refractivity contribution in [1.82, 2.24) is 4.98 Å². The Bertz CT molecular complexity index is 3120. The first kappa shape index (κ1) is 28.0. The van der Waals surface area contributed by atoms with Gasteiger partial charge in [-0.25, -0.2) is 4.98 Å². The first-order chi connectivity index (χ1) is 25.3. The molecule has 4 heteroatoms. The molecule has 0 aliphatic rings. The van der Waals surface area contributed by atoms with Crippen LogP contribution in [0.5, 0.6) is 0 Å². The van der Waals surface area contributed by atoms with E-state index in [1.54, 1.807) is 6.20 Å². The Morgan fingerprint density at radius 1 is 0.333 bits per heavy atom. The van der Waals surface area contributed by atoms with E-state index in [9.17, 15) is 0 Å². The summed E-state index contributed by atoms with van der Waals surface area (Å²) in [5.41, 5.74) is 8.59. The number of anilines is 3. The summed E-state index contributed by atoms with van der Waals surface area (Å²) >= 11 is 0. The molecule has 0 amide bonds. The highest BCUT2D eigenvalue weighted by atomic mass is 16.3. The Morgan fingerprint density at radius 3 is 1.67 bits per heavy atom. The van der Waals surface area contributed by atoms with Crippen molar-refractivity contribution < 1.29 is 8.83 Å². The van der Waals surface area contributed by atoms with Crippen molar-refractivity contribution >= 4 is 93.4 Å². The number of nitrogens with zero attached hydrogens (tertiary/aromatic N) is 2. The maximum Gasteiger partial charge on any atom is 0.227 e. The Balaban J connectivity index is 1.07. The van der Waals surface area contributed by atoms with Crippen LogP contribution >= 0.6 is 0 Å². The van der Waals surface area contributed by atoms with E-state index in [1.807, 2.05) is 18.2 Å². The van der Waals surface area contributed by atoms with Gasteiger partial charge in [-0.15, -0.1) is 0 Å². The lowest BCUT2D eigenvalue weighted by Gasteiger charge is -2.26. The SMILES string of the molecule is c1ccc2c(c1)oc1ccc(N(c3ccc(-c4ccc5c6ccccc6c6ccccc6c5c4)cc3)c3ccc4c(c3)oc3ncccc34)cc12. The van der Waals surface area contributed by atoms with Crippen LogP contribution in [0.2, 0.25) is 0 Å². The average molecular weight is 653 g/mol. The highest BCUT2D eigenvalue weighted by Gasteiger charge is 2.18. The number of para-hydroxylation sites is 1. The van der Waals surface area contributed by atoms with E-state index in [4.69, 9.17) is 8.83 Å². The molecule has 0 radical (unpaired) electrons. The molecule has 3 heterocycles. The number of hydrogen-bond acceptors (Lipinski definition) is 4. The predicted molar refractivity (Wildman–Crippen MR) is 211 cm³/mol. The van der Waals surface area contributed by atoms with Crippen LogP contribution < -0.4 is 4.90 Å². The van der Waals surface area contributed by atoms with E-state index >= 15 is 0 Å². The van der Waals surface area contributed by atoms with Crippen molar-refractivity contribution in [2.45, 2.75) is 0 Å². The quantitative estimate of drug-likeness (QED) is 0.177. The third-order valence-electron chi connectivity index (χ3n) is 10.3. The Morgan fingerprint density at radius 2 is 0.882 bits per heavy atom. The molecule has 0 unspecified atom stereocenters. The normalized spacial score (nSPS) is 11.9. The molecule has 0 fully saturated rings. The molecule has 3 aromatic heterocycles. The van der Waals surface area contributed by atoms with E-state index in [-0.39, 0.29) is 0 Å². The average Bonchev–Trinajstić information content (AvgIpc) is 3.76. The van der Waals surface area contributed by atoms with Crippen LogP contribution in [0, 0.1) is 0 Å². The van der Waals surface area contributed by atoms with Gasteiger partial charge in [0.05, 0.1) is 0 Å². The fourth-order valence-corrected chi connectivity index (χ4v) is 7.93. The molecule has 8 aromatic carbocycles. The molecular weight excluding hydrogens is 625 g/mol. The maximum atomic E-state index is 6.25. The van der Waals surface area contributed by atoms with Crippen molar-refractivity contribution in [3.05, 3.63) is 170 Å². The van der Waals surface area contributed by atoms with E-state index < -0.39 is 0 Å². The lowest BCUT2D eigenvalue weighted by Crippen LogP contribution is -2.09. The zero-order chi connectivity index (χ0) is 33.5. The number of pyridine rings is 1. The zero-order valence-electron chi connectivity index (χ0n) is 27.4. The Labute approximate surface area is 292 Å². The summed E-state index contributed by atoms with van der Waals surface area (Å²) in [6, 6.07) is 58.2. The Hall–Kier alpha value is -6.91. The number of benzene rings is 8. The molecule has 0 atom stereocenters. The number of fused-ring (bicyclic) bond motifs is 12. The maximum absolute atomic E-state index is 6.25. The molecule has 0 aliphatic carbocycles. The van der Waals surface area contributed by atoms with Gasteiger partial charge in [-0.05, 0) is 110 Å². The topological polar surface area (TPSA) is 42.4 Å². The molecule has 51 heavy (non-hydrogen) atoms. The predicted octanol–water partition coefficient (Wildman–Crippen LogP) is 13.5. The number of aromatic nitrogens is 1. The lowest BCUT2D eigenvalue weighted by atomic mass is 9.92. The van der Waals surface area contributed by atoms with Crippen LogP contribution in [0.4, 0.5) is 17.1 Å². The van der Waals surface area contributed by atoms with E-state index in [2.05, 4.69) is 155 Å². The van der Waals surface area contributed by atoms with Crippen molar-refractivity contribution in [3.8, 4) is 11.1 Å². The summed E-state index contributed by atoms with van der Waals surface area (Å²) < 4.78 is 12.4. The van der Waals surface area contributed by atoms with Gasteiger partial charge in [0, 0.05) is 50.9 Å². The Kier molecular flexibility index (Phi) is 5.92. The molecule has 238 valence electrons. The van der Waals surface area contributed by atoms with Gasteiger partial charge in [0.2, 0.25) is 5.71 Å². The smallest absolute Gasteiger partial charge is 0.227 e. The minimum atomic E-state index is 0.642. The minimum absolute atomic E-state index is 0.642. The van der Waals surface area contributed by atoms with Gasteiger partial charge in [0.15, 0.2) is 0 Å². The molecule has 0 saturated heterocycles. The fraction of sp³-hybridized carbons (Fsp3) is 0. The van der Waals surface area contributed by atoms with Crippen molar-refractivity contribution in [3.63, 3.8) is 0 Å². The number of rotatable bonds is 4. The van der Waals surface area contributed by atoms with Gasteiger partial charge in [0.25, 0.3) is 0 Å². The largest absolute Gasteiger partial charge is 0.456 e. The third-order valence-corrected chi connectivity index (χ3v) is 10.3. The molecule has 0 aliphatic heterocycles. The van der Waals surface area contributed by atoms with E-state index in [0.717, 1.165) is 60.9 Å². The molecule has 0 bridgehead atoms. The molecular formula is C47H28N2O2. The summed E-state index contributed by atoms with van der Waals surface area (Å²) in [7, 11) is 0. The van der Waals surface area contributed by atoms with Crippen LogP contribution in [0.1, 0.15) is 0 Å². The summed E-state index contributed by atoms with van der Waals surface area (Å²) in [4.78, 5) is 6.75. The van der Waals surface area contributed by atoms with E-state index in [0.29, 0.717) is 5.71 Å². The first-order valence-corrected chi connectivity index (χ1v) is 17.2. The molecule has 0 spiro atoms. The molecule has 0 N–H and O–H groups in total. The van der Waals surface area contributed by atoms with Gasteiger partial charge in [-0.3, -0.25) is 0 Å². The molecule has 11 aromatic rings. The second-order valence-electron chi connectivity index (χ2n) is 13.2. The van der Waals surface area contributed by atoms with Crippen molar-refractivity contribution in [2.75, 3.05) is 4.90 Å². The number of hydrogen-bond donors (Lipinski definition) is 0. The first-order valence-electron chi connectivity index (χ1n) is 17.2. The summed E-state index contributed by atoms with van der Waals surface area (Å²) in [5, 5.41) is 11.9. The van der Waals surface area contributed by atoms with Crippen LogP contribution in [0.3, 0.4) is 0 Å². The van der Waals surface area contributed by atoms with Gasteiger partial charge in [-0.2, -0.15) is 0 Å². The summed E-state index contributed by atoms with van der Waals surface area (Å²) in [6.45, 7) is 0. The second-order valence-corrected chi connectivity index (χ2v) is 13.2. The lowest BCUT2D eigenvalue weighted by molar-refractivity contribution is 0.654. The fourth-order valence-electron chi connectivity index (χ4n) is 7.93. The second kappa shape index (κ2) is 10.8. The van der Waals surface area contributed by atoms with Crippen molar-refractivity contribution in [2.24, 2.45) is 0 Å². The number of furan rings is 2. The summed E-state index contributed by atoms with van der Waals surface area (Å²) in [6.07, 6.45) is 1.77. The van der Waals surface area contributed by atoms with Crippen molar-refractivity contribution in [1.29, 1.82) is 0 Å². The summed E-state index contributed by atoms with van der Waals surface area (Å²) in [5.74, 6) is 0. The van der Waals surface area contributed by atoms with Gasteiger partial charge < -0.3 is 13.7 Å².